The van der Waals surface area contributed by atoms with E-state index >= 15 is 0 Å². The van der Waals surface area contributed by atoms with Gasteiger partial charge in [0, 0.05) is 18.5 Å². The minimum atomic E-state index is -0.416. The van der Waals surface area contributed by atoms with Crippen molar-refractivity contribution >= 4 is 11.6 Å². The van der Waals surface area contributed by atoms with Gasteiger partial charge in [-0.15, -0.1) is 0 Å². The van der Waals surface area contributed by atoms with Crippen LogP contribution < -0.4 is 0 Å². The summed E-state index contributed by atoms with van der Waals surface area (Å²) in [5.41, 5.74) is 1.92. The molecule has 0 aliphatic heterocycles. The van der Waals surface area contributed by atoms with E-state index in [4.69, 9.17) is 4.74 Å². The quantitative estimate of drug-likeness (QED) is 0.691. The number of fused-ring (bicyclic) bond motifs is 1. The highest BCUT2D eigenvalue weighted by Crippen LogP contribution is 2.06. The van der Waals surface area contributed by atoms with Crippen LogP contribution in [0, 0.1) is 6.92 Å². The Morgan fingerprint density at radius 3 is 3.13 bits per heavy atom. The van der Waals surface area contributed by atoms with Crippen molar-refractivity contribution in [3.8, 4) is 0 Å². The van der Waals surface area contributed by atoms with Crippen LogP contribution in [0.5, 0.6) is 0 Å². The zero-order valence-electron chi connectivity index (χ0n) is 8.60. The number of hydrogen-bond donors (Lipinski definition) is 0. The highest BCUT2D eigenvalue weighted by Gasteiger charge is 2.11. The van der Waals surface area contributed by atoms with Gasteiger partial charge < -0.3 is 4.74 Å². The minimum Gasteiger partial charge on any atom is -0.461 e. The first-order valence-corrected chi connectivity index (χ1v) is 4.70. The third-order valence-corrected chi connectivity index (χ3v) is 1.93. The van der Waals surface area contributed by atoms with Crippen LogP contribution >= 0.6 is 0 Å². The van der Waals surface area contributed by atoms with E-state index in [2.05, 4.69) is 10.1 Å². The molecule has 78 valence electrons. The highest BCUT2D eigenvalue weighted by molar-refractivity contribution is 5.88. The van der Waals surface area contributed by atoms with Gasteiger partial charge in [0.15, 0.2) is 11.3 Å². The standard InChI is InChI=1S/C10H11N3O2/c1-3-15-10(14)8-4-9-11-5-7(2)6-13(9)12-8/h4-6H,3H2,1-2H3. The van der Waals surface area contributed by atoms with Crippen molar-refractivity contribution in [3.05, 3.63) is 29.7 Å². The van der Waals surface area contributed by atoms with Gasteiger partial charge in [-0.3, -0.25) is 0 Å². The van der Waals surface area contributed by atoms with Crippen molar-refractivity contribution in [3.63, 3.8) is 0 Å². The molecule has 2 aromatic rings. The predicted molar refractivity (Wildman–Crippen MR) is 53.7 cm³/mol. The van der Waals surface area contributed by atoms with Gasteiger partial charge in [-0.1, -0.05) is 0 Å². The van der Waals surface area contributed by atoms with Crippen LogP contribution in [-0.4, -0.2) is 27.2 Å². The number of hydrogen-bond acceptors (Lipinski definition) is 4. The summed E-state index contributed by atoms with van der Waals surface area (Å²) in [5.74, 6) is -0.416. The van der Waals surface area contributed by atoms with Crippen molar-refractivity contribution in [2.75, 3.05) is 6.61 Å². The first kappa shape index (κ1) is 9.64. The molecule has 0 aliphatic rings. The van der Waals surface area contributed by atoms with Crippen molar-refractivity contribution < 1.29 is 9.53 Å². The normalized spacial score (nSPS) is 10.5. The number of rotatable bonds is 2. The summed E-state index contributed by atoms with van der Waals surface area (Å²) < 4.78 is 6.42. The molecule has 2 rings (SSSR count). The number of nitrogens with zero attached hydrogens (tertiary/aromatic N) is 3. The Labute approximate surface area is 86.7 Å². The molecular weight excluding hydrogens is 194 g/mol. The Morgan fingerprint density at radius 1 is 1.60 bits per heavy atom. The monoisotopic (exact) mass is 205 g/mol. The van der Waals surface area contributed by atoms with Crippen molar-refractivity contribution in [1.82, 2.24) is 14.6 Å². The SMILES string of the molecule is CCOC(=O)c1cc2ncc(C)cn2n1. The van der Waals surface area contributed by atoms with Gasteiger partial charge in [0.25, 0.3) is 0 Å². The lowest BCUT2D eigenvalue weighted by molar-refractivity contribution is 0.0519. The second-order valence-corrected chi connectivity index (χ2v) is 3.18. The lowest BCUT2D eigenvalue weighted by Gasteiger charge is -1.95. The lowest BCUT2D eigenvalue weighted by atomic mass is 10.4. The summed E-state index contributed by atoms with van der Waals surface area (Å²) in [7, 11) is 0. The smallest absolute Gasteiger partial charge is 0.358 e. The molecule has 0 aliphatic carbocycles. The first-order valence-electron chi connectivity index (χ1n) is 4.70. The van der Waals surface area contributed by atoms with Crippen LogP contribution in [0.25, 0.3) is 5.65 Å². The van der Waals surface area contributed by atoms with Crippen molar-refractivity contribution in [2.45, 2.75) is 13.8 Å². The summed E-state index contributed by atoms with van der Waals surface area (Å²) >= 11 is 0. The molecule has 0 fully saturated rings. The Bertz CT molecular complexity index is 504. The number of carbonyl (C=O) groups excluding carboxylic acids is 1. The van der Waals surface area contributed by atoms with E-state index in [1.165, 1.54) is 0 Å². The first-order chi connectivity index (χ1) is 7.20. The molecule has 0 aromatic carbocycles. The van der Waals surface area contributed by atoms with Gasteiger partial charge in [0.2, 0.25) is 0 Å². The summed E-state index contributed by atoms with van der Waals surface area (Å²) in [6, 6.07) is 1.61. The van der Waals surface area contributed by atoms with Gasteiger partial charge in [-0.05, 0) is 19.4 Å². The molecule has 0 atom stereocenters. The molecule has 0 amide bonds. The predicted octanol–water partition coefficient (Wildman–Crippen LogP) is 1.21. The molecule has 5 nitrogen and oxygen atoms in total. The molecule has 2 aromatic heterocycles. The fourth-order valence-electron chi connectivity index (χ4n) is 1.27. The van der Waals surface area contributed by atoms with E-state index in [0.717, 1.165) is 5.56 Å². The summed E-state index contributed by atoms with van der Waals surface area (Å²) in [5, 5.41) is 4.07. The zero-order valence-corrected chi connectivity index (χ0v) is 8.60. The average molecular weight is 205 g/mol. The van der Waals surface area contributed by atoms with Crippen LogP contribution in [0.3, 0.4) is 0 Å². The number of aryl methyl sites for hydroxylation is 1. The van der Waals surface area contributed by atoms with Crippen LogP contribution in [0.15, 0.2) is 18.5 Å². The third-order valence-electron chi connectivity index (χ3n) is 1.93. The maximum Gasteiger partial charge on any atom is 0.358 e. The van der Waals surface area contributed by atoms with E-state index in [-0.39, 0.29) is 5.69 Å². The molecule has 2 heterocycles. The average Bonchev–Trinajstić information content (AvgIpc) is 2.60. The molecular formula is C10H11N3O2. The molecule has 0 unspecified atom stereocenters. The molecule has 0 spiro atoms. The second kappa shape index (κ2) is 3.68. The third kappa shape index (κ3) is 1.81. The number of ether oxygens (including phenoxy) is 1. The Hall–Kier alpha value is -1.91. The van der Waals surface area contributed by atoms with Crippen LogP contribution in [0.2, 0.25) is 0 Å². The van der Waals surface area contributed by atoms with E-state index in [1.807, 2.05) is 13.1 Å². The zero-order chi connectivity index (χ0) is 10.8. The second-order valence-electron chi connectivity index (χ2n) is 3.18. The van der Waals surface area contributed by atoms with Crippen LogP contribution in [-0.2, 0) is 4.74 Å². The summed E-state index contributed by atoms with van der Waals surface area (Å²) in [6.07, 6.45) is 3.54. The molecule has 0 bridgehead atoms. The minimum absolute atomic E-state index is 0.287. The number of esters is 1. The Kier molecular flexibility index (Phi) is 2.37. The van der Waals surface area contributed by atoms with E-state index < -0.39 is 5.97 Å². The molecule has 15 heavy (non-hydrogen) atoms. The fraction of sp³-hybridized carbons (Fsp3) is 0.300. The van der Waals surface area contributed by atoms with Gasteiger partial charge in [0.1, 0.15) is 0 Å². The van der Waals surface area contributed by atoms with Crippen LogP contribution in [0.1, 0.15) is 23.0 Å². The maximum atomic E-state index is 11.4. The fourth-order valence-corrected chi connectivity index (χ4v) is 1.27. The lowest BCUT2D eigenvalue weighted by Crippen LogP contribution is -2.05. The Balaban J connectivity index is 2.42. The number of aromatic nitrogens is 3. The van der Waals surface area contributed by atoms with Crippen LogP contribution in [0.4, 0.5) is 0 Å². The molecule has 5 heteroatoms. The summed E-state index contributed by atoms with van der Waals surface area (Å²) in [4.78, 5) is 15.5. The van der Waals surface area contributed by atoms with E-state index in [9.17, 15) is 4.79 Å². The topological polar surface area (TPSA) is 56.5 Å². The largest absolute Gasteiger partial charge is 0.461 e. The van der Waals surface area contributed by atoms with Crippen molar-refractivity contribution in [1.29, 1.82) is 0 Å². The number of carbonyl (C=O) groups is 1. The molecule has 0 radical (unpaired) electrons. The van der Waals surface area contributed by atoms with E-state index in [0.29, 0.717) is 12.3 Å². The van der Waals surface area contributed by atoms with Gasteiger partial charge in [-0.25, -0.2) is 14.3 Å². The maximum absolute atomic E-state index is 11.4. The summed E-state index contributed by atoms with van der Waals surface area (Å²) in [6.45, 7) is 4.02. The highest BCUT2D eigenvalue weighted by atomic mass is 16.5. The van der Waals surface area contributed by atoms with Crippen molar-refractivity contribution in [2.24, 2.45) is 0 Å². The molecule has 0 saturated heterocycles. The molecule has 0 saturated carbocycles. The van der Waals surface area contributed by atoms with Gasteiger partial charge in [0.05, 0.1) is 6.61 Å². The van der Waals surface area contributed by atoms with Gasteiger partial charge >= 0.3 is 5.97 Å². The van der Waals surface area contributed by atoms with Gasteiger partial charge in [-0.2, -0.15) is 5.10 Å². The molecule has 0 N–H and O–H groups in total. The Morgan fingerprint density at radius 2 is 2.40 bits per heavy atom. The van der Waals surface area contributed by atoms with E-state index in [1.54, 1.807) is 23.7 Å².